The van der Waals surface area contributed by atoms with Gasteiger partial charge in [0.1, 0.15) is 0 Å². The number of rotatable bonds is 5. The van der Waals surface area contributed by atoms with Gasteiger partial charge in [-0.2, -0.15) is 0 Å². The minimum Gasteiger partial charge on any atom is -0.319 e. The number of hydrogen-bond acceptors (Lipinski definition) is 1. The van der Waals surface area contributed by atoms with E-state index >= 15 is 0 Å². The molecule has 0 heterocycles. The van der Waals surface area contributed by atoms with E-state index in [-0.39, 0.29) is 0 Å². The SMILES string of the molecule is CNCC(C)CCc1cc(Cl)ccc1Cl. The summed E-state index contributed by atoms with van der Waals surface area (Å²) in [7, 11) is 1.98. The normalized spacial score (nSPS) is 12.8. The molecule has 0 saturated carbocycles. The van der Waals surface area contributed by atoms with Crippen LogP contribution in [-0.4, -0.2) is 13.6 Å². The minimum atomic E-state index is 0.657. The molecule has 0 aromatic heterocycles. The number of halogens is 2. The molecule has 1 N–H and O–H groups in total. The highest BCUT2D eigenvalue weighted by Gasteiger charge is 2.05. The zero-order valence-corrected chi connectivity index (χ0v) is 10.7. The van der Waals surface area contributed by atoms with Crippen molar-refractivity contribution in [1.82, 2.24) is 5.32 Å². The van der Waals surface area contributed by atoms with Gasteiger partial charge in [-0.25, -0.2) is 0 Å². The molecule has 1 atom stereocenters. The van der Waals surface area contributed by atoms with Gasteiger partial charge in [-0.3, -0.25) is 0 Å². The zero-order valence-electron chi connectivity index (χ0n) is 9.19. The molecule has 0 spiro atoms. The zero-order chi connectivity index (χ0) is 11.3. The van der Waals surface area contributed by atoms with Crippen LogP contribution in [-0.2, 0) is 6.42 Å². The van der Waals surface area contributed by atoms with Crippen LogP contribution >= 0.6 is 23.2 Å². The number of hydrogen-bond donors (Lipinski definition) is 1. The molecule has 1 unspecified atom stereocenters. The van der Waals surface area contributed by atoms with Gasteiger partial charge in [0.2, 0.25) is 0 Å². The molecule has 1 aromatic carbocycles. The lowest BCUT2D eigenvalue weighted by Crippen LogP contribution is -2.16. The Morgan fingerprint density at radius 1 is 1.33 bits per heavy atom. The summed E-state index contributed by atoms with van der Waals surface area (Å²) in [5, 5.41) is 4.75. The maximum Gasteiger partial charge on any atom is 0.0439 e. The molecule has 0 aliphatic heterocycles. The van der Waals surface area contributed by atoms with Gasteiger partial charge in [-0.05, 0) is 56.1 Å². The van der Waals surface area contributed by atoms with E-state index < -0.39 is 0 Å². The number of nitrogens with one attached hydrogen (secondary N) is 1. The summed E-state index contributed by atoms with van der Waals surface area (Å²) in [6.45, 7) is 3.27. The van der Waals surface area contributed by atoms with Crippen LogP contribution in [0.15, 0.2) is 18.2 Å². The van der Waals surface area contributed by atoms with Gasteiger partial charge in [0.15, 0.2) is 0 Å². The van der Waals surface area contributed by atoms with Crippen LogP contribution in [0.25, 0.3) is 0 Å². The maximum atomic E-state index is 6.08. The highest BCUT2D eigenvalue weighted by molar-refractivity contribution is 6.33. The standard InChI is InChI=1S/C12H17Cl2N/c1-9(8-15-2)3-4-10-7-11(13)5-6-12(10)14/h5-7,9,15H,3-4,8H2,1-2H3. The lowest BCUT2D eigenvalue weighted by Gasteiger charge is -2.11. The molecule has 84 valence electrons. The van der Waals surface area contributed by atoms with Gasteiger partial charge >= 0.3 is 0 Å². The molecular weight excluding hydrogens is 229 g/mol. The van der Waals surface area contributed by atoms with Crippen LogP contribution in [0.4, 0.5) is 0 Å². The molecule has 1 rings (SSSR count). The fourth-order valence-electron chi connectivity index (χ4n) is 1.59. The van der Waals surface area contributed by atoms with E-state index in [1.54, 1.807) is 0 Å². The van der Waals surface area contributed by atoms with Crippen molar-refractivity contribution in [2.45, 2.75) is 19.8 Å². The lowest BCUT2D eigenvalue weighted by atomic mass is 10.0. The Morgan fingerprint density at radius 3 is 2.73 bits per heavy atom. The molecule has 0 fully saturated rings. The fraction of sp³-hybridized carbons (Fsp3) is 0.500. The van der Waals surface area contributed by atoms with Gasteiger partial charge in [0.05, 0.1) is 0 Å². The summed E-state index contributed by atoms with van der Waals surface area (Å²) in [6, 6.07) is 5.64. The van der Waals surface area contributed by atoms with E-state index in [0.717, 1.165) is 35.0 Å². The van der Waals surface area contributed by atoms with Crippen molar-refractivity contribution in [3.05, 3.63) is 33.8 Å². The van der Waals surface area contributed by atoms with Crippen molar-refractivity contribution < 1.29 is 0 Å². The van der Waals surface area contributed by atoms with E-state index in [0.29, 0.717) is 5.92 Å². The molecule has 1 aromatic rings. The van der Waals surface area contributed by atoms with Gasteiger partial charge in [0, 0.05) is 10.0 Å². The van der Waals surface area contributed by atoms with Crippen LogP contribution in [0.3, 0.4) is 0 Å². The van der Waals surface area contributed by atoms with Gasteiger partial charge in [-0.1, -0.05) is 30.1 Å². The van der Waals surface area contributed by atoms with Crippen LogP contribution in [0.1, 0.15) is 18.9 Å². The molecule has 3 heteroatoms. The third-order valence-electron chi connectivity index (χ3n) is 2.47. The molecule has 1 nitrogen and oxygen atoms in total. The number of benzene rings is 1. The van der Waals surface area contributed by atoms with Crippen molar-refractivity contribution in [3.8, 4) is 0 Å². The molecule has 0 amide bonds. The molecule has 0 aliphatic rings. The maximum absolute atomic E-state index is 6.08. The van der Waals surface area contributed by atoms with Gasteiger partial charge < -0.3 is 5.32 Å². The Kier molecular flexibility index (Phi) is 5.44. The minimum absolute atomic E-state index is 0.657. The monoisotopic (exact) mass is 245 g/mol. The first-order chi connectivity index (χ1) is 7.13. The average Bonchev–Trinajstić information content (AvgIpc) is 2.20. The second kappa shape index (κ2) is 6.37. The second-order valence-electron chi connectivity index (χ2n) is 3.94. The molecule has 0 saturated heterocycles. The first kappa shape index (κ1) is 12.8. The summed E-state index contributed by atoms with van der Waals surface area (Å²) in [6.07, 6.45) is 2.11. The van der Waals surface area contributed by atoms with Crippen LogP contribution in [0, 0.1) is 5.92 Å². The Morgan fingerprint density at radius 2 is 2.07 bits per heavy atom. The van der Waals surface area contributed by atoms with Gasteiger partial charge in [0.25, 0.3) is 0 Å². The summed E-state index contributed by atoms with van der Waals surface area (Å²) in [4.78, 5) is 0. The second-order valence-corrected chi connectivity index (χ2v) is 4.78. The molecule has 15 heavy (non-hydrogen) atoms. The Labute approximate surface area is 102 Å². The first-order valence-electron chi connectivity index (χ1n) is 5.22. The van der Waals surface area contributed by atoms with Crippen LogP contribution in [0.5, 0.6) is 0 Å². The van der Waals surface area contributed by atoms with Gasteiger partial charge in [-0.15, -0.1) is 0 Å². The Hall–Kier alpha value is -0.240. The topological polar surface area (TPSA) is 12.0 Å². The summed E-state index contributed by atoms with van der Waals surface area (Å²) >= 11 is 12.0. The fourth-order valence-corrected chi connectivity index (χ4v) is 1.99. The molecule has 0 aliphatic carbocycles. The summed E-state index contributed by atoms with van der Waals surface area (Å²) in [5.41, 5.74) is 1.15. The average molecular weight is 246 g/mol. The van der Waals surface area contributed by atoms with E-state index in [4.69, 9.17) is 23.2 Å². The summed E-state index contributed by atoms with van der Waals surface area (Å²) in [5.74, 6) is 0.657. The van der Waals surface area contributed by atoms with Crippen molar-refractivity contribution in [2.75, 3.05) is 13.6 Å². The predicted octanol–water partition coefficient (Wildman–Crippen LogP) is 3.78. The van der Waals surface area contributed by atoms with Crippen LogP contribution in [0.2, 0.25) is 10.0 Å². The lowest BCUT2D eigenvalue weighted by molar-refractivity contribution is 0.505. The molecule has 0 bridgehead atoms. The third kappa shape index (κ3) is 4.42. The largest absolute Gasteiger partial charge is 0.319 e. The predicted molar refractivity (Wildman–Crippen MR) is 67.9 cm³/mol. The molecule has 0 radical (unpaired) electrons. The highest BCUT2D eigenvalue weighted by atomic mass is 35.5. The van der Waals surface area contributed by atoms with E-state index in [1.807, 2.05) is 25.2 Å². The first-order valence-corrected chi connectivity index (χ1v) is 5.97. The van der Waals surface area contributed by atoms with Crippen molar-refractivity contribution in [3.63, 3.8) is 0 Å². The smallest absolute Gasteiger partial charge is 0.0439 e. The Bertz CT molecular complexity index is 312. The Balaban J connectivity index is 2.53. The van der Waals surface area contributed by atoms with E-state index in [9.17, 15) is 0 Å². The van der Waals surface area contributed by atoms with E-state index in [1.165, 1.54) is 0 Å². The molecular formula is C12H17Cl2N. The van der Waals surface area contributed by atoms with Crippen molar-refractivity contribution in [2.24, 2.45) is 5.92 Å². The van der Waals surface area contributed by atoms with Crippen molar-refractivity contribution >= 4 is 23.2 Å². The summed E-state index contributed by atoms with van der Waals surface area (Å²) < 4.78 is 0. The quantitative estimate of drug-likeness (QED) is 0.833. The number of aryl methyl sites for hydroxylation is 1. The highest BCUT2D eigenvalue weighted by Crippen LogP contribution is 2.22. The van der Waals surface area contributed by atoms with Crippen LogP contribution < -0.4 is 5.32 Å². The third-order valence-corrected chi connectivity index (χ3v) is 3.07. The van der Waals surface area contributed by atoms with E-state index in [2.05, 4.69) is 12.2 Å². The van der Waals surface area contributed by atoms with Crippen molar-refractivity contribution in [1.29, 1.82) is 0 Å².